The number of aliphatic hydroxyl groups is 2. The van der Waals surface area contributed by atoms with Crippen molar-refractivity contribution in [2.45, 2.75) is 50.9 Å². The fourth-order valence-electron chi connectivity index (χ4n) is 1.18. The molecule has 6 N–H and O–H groups in total. The minimum Gasteiger partial charge on any atom is -0.390 e. The molecule has 80 valence electrons. The second-order valence-electron chi connectivity index (χ2n) is 3.50. The zero-order chi connectivity index (χ0) is 10.3. The molecule has 3 atom stereocenters. The Labute approximate surface area is 79.9 Å². The number of hydrogen-bond acceptors (Lipinski definition) is 4. The fourth-order valence-corrected chi connectivity index (χ4v) is 1.18. The van der Waals surface area contributed by atoms with Crippen molar-refractivity contribution in [3.05, 3.63) is 0 Å². The predicted molar refractivity (Wildman–Crippen MR) is 53.2 cm³/mol. The molecule has 0 spiro atoms. The first-order valence-corrected chi connectivity index (χ1v) is 4.93. The van der Waals surface area contributed by atoms with Crippen LogP contribution in [0.3, 0.4) is 0 Å². The first kappa shape index (κ1) is 12.8. The van der Waals surface area contributed by atoms with Gasteiger partial charge in [0.1, 0.15) is 0 Å². The molecule has 4 heteroatoms. The Bertz CT molecular complexity index is 122. The van der Waals surface area contributed by atoms with Crippen LogP contribution >= 0.6 is 0 Å². The van der Waals surface area contributed by atoms with Crippen molar-refractivity contribution in [2.75, 3.05) is 6.54 Å². The molecule has 0 saturated heterocycles. The molecule has 0 aliphatic carbocycles. The molecule has 0 heterocycles. The van der Waals surface area contributed by atoms with Crippen LogP contribution in [-0.2, 0) is 0 Å². The summed E-state index contributed by atoms with van der Waals surface area (Å²) in [6, 6.07) is -0.0662. The minimum absolute atomic E-state index is 0.0662. The van der Waals surface area contributed by atoms with Crippen LogP contribution in [0.15, 0.2) is 0 Å². The third-order valence-corrected chi connectivity index (χ3v) is 2.16. The number of rotatable bonds is 7. The Morgan fingerprint density at radius 1 is 1.08 bits per heavy atom. The van der Waals surface area contributed by atoms with Gasteiger partial charge in [0, 0.05) is 12.6 Å². The SMILES string of the molecule is CCCC(O)C(O)CCC(N)CN. The first-order valence-electron chi connectivity index (χ1n) is 4.93. The lowest BCUT2D eigenvalue weighted by atomic mass is 10.0. The van der Waals surface area contributed by atoms with Gasteiger partial charge in [0.15, 0.2) is 0 Å². The van der Waals surface area contributed by atoms with Gasteiger partial charge in [-0.05, 0) is 19.3 Å². The van der Waals surface area contributed by atoms with Crippen molar-refractivity contribution in [2.24, 2.45) is 11.5 Å². The van der Waals surface area contributed by atoms with Crippen molar-refractivity contribution in [1.82, 2.24) is 0 Å². The molecule has 0 bridgehead atoms. The molecule has 0 aromatic heterocycles. The van der Waals surface area contributed by atoms with Gasteiger partial charge in [-0.2, -0.15) is 0 Å². The summed E-state index contributed by atoms with van der Waals surface area (Å²) in [5.41, 5.74) is 10.9. The monoisotopic (exact) mass is 190 g/mol. The van der Waals surface area contributed by atoms with E-state index in [0.29, 0.717) is 25.8 Å². The molecule has 4 nitrogen and oxygen atoms in total. The van der Waals surface area contributed by atoms with Crippen LogP contribution in [0.5, 0.6) is 0 Å². The van der Waals surface area contributed by atoms with Crippen LogP contribution < -0.4 is 11.5 Å². The lowest BCUT2D eigenvalue weighted by Crippen LogP contribution is -2.33. The molecule has 0 saturated carbocycles. The lowest BCUT2D eigenvalue weighted by molar-refractivity contribution is 0.00770. The molecule has 0 aromatic rings. The fraction of sp³-hybridized carbons (Fsp3) is 1.00. The summed E-state index contributed by atoms with van der Waals surface area (Å²) in [7, 11) is 0. The third-order valence-electron chi connectivity index (χ3n) is 2.16. The normalized spacial score (nSPS) is 18.2. The van der Waals surface area contributed by atoms with Crippen molar-refractivity contribution in [3.63, 3.8) is 0 Å². The molecule has 0 radical (unpaired) electrons. The summed E-state index contributed by atoms with van der Waals surface area (Å²) < 4.78 is 0. The summed E-state index contributed by atoms with van der Waals surface area (Å²) in [5.74, 6) is 0. The Morgan fingerprint density at radius 3 is 2.08 bits per heavy atom. The molecule has 0 aromatic carbocycles. The molecule has 0 aliphatic rings. The second-order valence-corrected chi connectivity index (χ2v) is 3.50. The van der Waals surface area contributed by atoms with Crippen molar-refractivity contribution >= 4 is 0 Å². The number of nitrogens with two attached hydrogens (primary N) is 2. The molecular weight excluding hydrogens is 168 g/mol. The highest BCUT2D eigenvalue weighted by Crippen LogP contribution is 2.08. The summed E-state index contributed by atoms with van der Waals surface area (Å²) >= 11 is 0. The largest absolute Gasteiger partial charge is 0.390 e. The Kier molecular flexibility index (Phi) is 7.17. The van der Waals surface area contributed by atoms with Crippen molar-refractivity contribution in [1.29, 1.82) is 0 Å². The summed E-state index contributed by atoms with van der Waals surface area (Å²) in [4.78, 5) is 0. The molecule has 3 unspecified atom stereocenters. The van der Waals surface area contributed by atoms with Crippen molar-refractivity contribution in [3.8, 4) is 0 Å². The van der Waals surface area contributed by atoms with Gasteiger partial charge in [-0.15, -0.1) is 0 Å². The maximum Gasteiger partial charge on any atom is 0.0799 e. The quantitative estimate of drug-likeness (QED) is 0.438. The highest BCUT2D eigenvalue weighted by molar-refractivity contribution is 4.70. The zero-order valence-electron chi connectivity index (χ0n) is 8.32. The van der Waals surface area contributed by atoms with Crippen LogP contribution in [0.1, 0.15) is 32.6 Å². The first-order chi connectivity index (χ1) is 6.11. The predicted octanol–water partition coefficient (Wildman–Crippen LogP) is -0.425. The Morgan fingerprint density at radius 2 is 1.62 bits per heavy atom. The summed E-state index contributed by atoms with van der Waals surface area (Å²) in [6.45, 7) is 2.40. The van der Waals surface area contributed by atoms with E-state index in [1.807, 2.05) is 6.92 Å². The molecule has 13 heavy (non-hydrogen) atoms. The topological polar surface area (TPSA) is 92.5 Å². The maximum atomic E-state index is 9.45. The Balaban J connectivity index is 3.54. The van der Waals surface area contributed by atoms with Crippen LogP contribution in [0.25, 0.3) is 0 Å². The van der Waals surface area contributed by atoms with Gasteiger partial charge in [-0.3, -0.25) is 0 Å². The van der Waals surface area contributed by atoms with Gasteiger partial charge < -0.3 is 21.7 Å². The van der Waals surface area contributed by atoms with E-state index in [9.17, 15) is 10.2 Å². The van der Waals surface area contributed by atoms with Gasteiger partial charge in [0.05, 0.1) is 12.2 Å². The third kappa shape index (κ3) is 5.99. The maximum absolute atomic E-state index is 9.45. The average molecular weight is 190 g/mol. The van der Waals surface area contributed by atoms with Gasteiger partial charge in [-0.1, -0.05) is 13.3 Å². The van der Waals surface area contributed by atoms with E-state index in [-0.39, 0.29) is 6.04 Å². The van der Waals surface area contributed by atoms with Gasteiger partial charge in [0.25, 0.3) is 0 Å². The standard InChI is InChI=1S/C9H22N2O2/c1-2-3-8(12)9(13)5-4-7(11)6-10/h7-9,12-13H,2-6,10-11H2,1H3. The van der Waals surface area contributed by atoms with Crippen LogP contribution in [0.2, 0.25) is 0 Å². The number of aliphatic hydroxyl groups excluding tert-OH is 2. The zero-order valence-corrected chi connectivity index (χ0v) is 8.32. The number of hydrogen-bond donors (Lipinski definition) is 4. The molecule has 0 aliphatic heterocycles. The van der Waals surface area contributed by atoms with E-state index >= 15 is 0 Å². The van der Waals surface area contributed by atoms with Crippen LogP contribution in [0.4, 0.5) is 0 Å². The molecule has 0 rings (SSSR count). The van der Waals surface area contributed by atoms with E-state index in [1.165, 1.54) is 0 Å². The highest BCUT2D eigenvalue weighted by Gasteiger charge is 2.15. The lowest BCUT2D eigenvalue weighted by Gasteiger charge is -2.18. The smallest absolute Gasteiger partial charge is 0.0799 e. The van der Waals surface area contributed by atoms with E-state index in [0.717, 1.165) is 6.42 Å². The molecule has 0 fully saturated rings. The van der Waals surface area contributed by atoms with Crippen molar-refractivity contribution < 1.29 is 10.2 Å². The average Bonchev–Trinajstić information content (AvgIpc) is 2.13. The van der Waals surface area contributed by atoms with E-state index in [2.05, 4.69) is 0 Å². The van der Waals surface area contributed by atoms with E-state index < -0.39 is 12.2 Å². The van der Waals surface area contributed by atoms with Gasteiger partial charge in [0.2, 0.25) is 0 Å². The van der Waals surface area contributed by atoms with Gasteiger partial charge >= 0.3 is 0 Å². The molecular formula is C9H22N2O2. The second kappa shape index (κ2) is 7.26. The van der Waals surface area contributed by atoms with Gasteiger partial charge in [-0.25, -0.2) is 0 Å². The highest BCUT2D eigenvalue weighted by atomic mass is 16.3. The minimum atomic E-state index is -0.655. The summed E-state index contributed by atoms with van der Waals surface area (Å²) in [6.07, 6.45) is 1.44. The van der Waals surface area contributed by atoms with Crippen LogP contribution in [-0.4, -0.2) is 35.0 Å². The van der Waals surface area contributed by atoms with E-state index in [1.54, 1.807) is 0 Å². The summed E-state index contributed by atoms with van der Waals surface area (Å²) in [5, 5.41) is 18.8. The van der Waals surface area contributed by atoms with E-state index in [4.69, 9.17) is 11.5 Å². The Hall–Kier alpha value is -0.160. The van der Waals surface area contributed by atoms with Crippen LogP contribution in [0, 0.1) is 0 Å². The molecule has 0 amide bonds.